The first-order valence-corrected chi connectivity index (χ1v) is 9.27. The third kappa shape index (κ3) is 4.34. The molecule has 0 saturated heterocycles. The van der Waals surface area contributed by atoms with Crippen molar-refractivity contribution in [2.45, 2.75) is 26.8 Å². The van der Waals surface area contributed by atoms with E-state index in [2.05, 4.69) is 10.4 Å². The fourth-order valence-electron chi connectivity index (χ4n) is 3.18. The van der Waals surface area contributed by atoms with Crippen molar-refractivity contribution in [1.82, 2.24) is 15.1 Å². The number of esters is 1. The van der Waals surface area contributed by atoms with Gasteiger partial charge in [0.25, 0.3) is 5.91 Å². The number of aryl methyl sites for hydroxylation is 1. The van der Waals surface area contributed by atoms with E-state index in [0.717, 1.165) is 5.69 Å². The molecule has 2 aromatic carbocycles. The second kappa shape index (κ2) is 8.68. The van der Waals surface area contributed by atoms with Crippen LogP contribution >= 0.6 is 0 Å². The van der Waals surface area contributed by atoms with Gasteiger partial charge in [0.2, 0.25) is 0 Å². The first kappa shape index (κ1) is 20.3. The fraction of sp³-hybridized carbons (Fsp3) is 0.227. The molecular formula is C22H22FN3O3. The lowest BCUT2D eigenvalue weighted by Crippen LogP contribution is -2.35. The summed E-state index contributed by atoms with van der Waals surface area (Å²) in [4.78, 5) is 25.4. The van der Waals surface area contributed by atoms with Crippen molar-refractivity contribution in [2.24, 2.45) is 0 Å². The van der Waals surface area contributed by atoms with Gasteiger partial charge in [0.05, 0.1) is 18.0 Å². The molecule has 0 aliphatic carbocycles. The molecule has 1 heterocycles. The zero-order chi connectivity index (χ0) is 21.0. The summed E-state index contributed by atoms with van der Waals surface area (Å²) in [6, 6.07) is 13.6. The zero-order valence-electron chi connectivity index (χ0n) is 16.5. The number of hydrogen-bond acceptors (Lipinski definition) is 4. The van der Waals surface area contributed by atoms with Crippen LogP contribution < -0.4 is 5.32 Å². The lowest BCUT2D eigenvalue weighted by Gasteiger charge is -2.18. The maximum absolute atomic E-state index is 13.2. The molecule has 150 valence electrons. The van der Waals surface area contributed by atoms with Crippen molar-refractivity contribution in [3.63, 3.8) is 0 Å². The van der Waals surface area contributed by atoms with E-state index in [9.17, 15) is 14.0 Å². The molecule has 1 atom stereocenters. The Morgan fingerprint density at radius 1 is 1.10 bits per heavy atom. The van der Waals surface area contributed by atoms with Crippen LogP contribution in [0.1, 0.15) is 40.3 Å². The van der Waals surface area contributed by atoms with E-state index in [0.29, 0.717) is 17.0 Å². The molecular weight excluding hydrogens is 373 g/mol. The number of carbonyl (C=O) groups is 2. The predicted molar refractivity (Wildman–Crippen MR) is 106 cm³/mol. The summed E-state index contributed by atoms with van der Waals surface area (Å²) in [6.07, 6.45) is 0. The van der Waals surface area contributed by atoms with Crippen LogP contribution in [0, 0.1) is 19.7 Å². The summed E-state index contributed by atoms with van der Waals surface area (Å²) in [5.41, 5.74) is 2.97. The van der Waals surface area contributed by atoms with Gasteiger partial charge in [0, 0.05) is 16.8 Å². The van der Waals surface area contributed by atoms with Gasteiger partial charge in [-0.3, -0.25) is 4.79 Å². The van der Waals surface area contributed by atoms with Gasteiger partial charge in [-0.15, -0.1) is 0 Å². The molecule has 1 N–H and O–H groups in total. The number of ether oxygens (including phenoxy) is 1. The molecule has 6 nitrogen and oxygen atoms in total. The molecule has 0 bridgehead atoms. The lowest BCUT2D eigenvalue weighted by atomic mass is 10.0. The summed E-state index contributed by atoms with van der Waals surface area (Å²) in [7, 11) is 0. The van der Waals surface area contributed by atoms with Gasteiger partial charge in [-0.25, -0.2) is 13.9 Å². The monoisotopic (exact) mass is 395 g/mol. The first-order valence-electron chi connectivity index (χ1n) is 9.27. The Morgan fingerprint density at radius 3 is 2.38 bits per heavy atom. The average molecular weight is 395 g/mol. The van der Waals surface area contributed by atoms with E-state index in [4.69, 9.17) is 4.74 Å². The minimum absolute atomic E-state index is 0.173. The number of halogens is 1. The van der Waals surface area contributed by atoms with Crippen LogP contribution in [-0.4, -0.2) is 28.3 Å². The fourth-order valence-corrected chi connectivity index (χ4v) is 3.18. The van der Waals surface area contributed by atoms with Crippen LogP contribution in [-0.2, 0) is 9.53 Å². The van der Waals surface area contributed by atoms with E-state index in [1.165, 1.54) is 24.3 Å². The van der Waals surface area contributed by atoms with E-state index in [-0.39, 0.29) is 12.2 Å². The molecule has 29 heavy (non-hydrogen) atoms. The first-order chi connectivity index (χ1) is 13.9. The number of carbonyl (C=O) groups excluding carboxylic acids is 2. The topological polar surface area (TPSA) is 73.2 Å². The Bertz CT molecular complexity index is 1010. The Hall–Kier alpha value is -3.48. The minimum Gasteiger partial charge on any atom is -0.464 e. The largest absolute Gasteiger partial charge is 0.464 e. The summed E-state index contributed by atoms with van der Waals surface area (Å²) in [5.74, 6) is -1.53. The quantitative estimate of drug-likeness (QED) is 0.647. The number of rotatable bonds is 6. The number of amides is 1. The number of hydrogen-bond donors (Lipinski definition) is 1. The Labute approximate surface area is 168 Å². The van der Waals surface area contributed by atoms with E-state index in [1.54, 1.807) is 18.5 Å². The van der Waals surface area contributed by atoms with Crippen LogP contribution in [0.5, 0.6) is 0 Å². The summed E-state index contributed by atoms with van der Waals surface area (Å²) < 4.78 is 20.1. The molecule has 0 radical (unpaired) electrons. The van der Waals surface area contributed by atoms with Crippen molar-refractivity contribution < 1.29 is 18.7 Å². The maximum Gasteiger partial charge on any atom is 0.333 e. The highest BCUT2D eigenvalue weighted by Crippen LogP contribution is 2.26. The van der Waals surface area contributed by atoms with Crippen molar-refractivity contribution in [3.05, 3.63) is 82.9 Å². The maximum atomic E-state index is 13.2. The third-order valence-electron chi connectivity index (χ3n) is 4.54. The predicted octanol–water partition coefficient (Wildman–Crippen LogP) is 3.66. The lowest BCUT2D eigenvalue weighted by molar-refractivity contribution is -0.145. The van der Waals surface area contributed by atoms with Crippen LogP contribution in [0.15, 0.2) is 54.6 Å². The Balaban J connectivity index is 1.99. The van der Waals surface area contributed by atoms with E-state index < -0.39 is 23.7 Å². The summed E-state index contributed by atoms with van der Waals surface area (Å²) in [5, 5.41) is 7.25. The van der Waals surface area contributed by atoms with Crippen molar-refractivity contribution in [3.8, 4) is 5.69 Å². The average Bonchev–Trinajstić information content (AvgIpc) is 3.01. The highest BCUT2D eigenvalue weighted by Gasteiger charge is 2.30. The van der Waals surface area contributed by atoms with E-state index in [1.807, 2.05) is 37.3 Å². The molecule has 0 saturated carbocycles. The molecule has 1 amide bonds. The number of benzene rings is 2. The summed E-state index contributed by atoms with van der Waals surface area (Å²) in [6.45, 7) is 5.48. The Kier molecular flexibility index (Phi) is 6.07. The molecule has 0 aliphatic heterocycles. The normalized spacial score (nSPS) is 11.7. The second-order valence-electron chi connectivity index (χ2n) is 6.50. The van der Waals surface area contributed by atoms with Gasteiger partial charge >= 0.3 is 5.97 Å². The molecule has 0 fully saturated rings. The minimum atomic E-state index is -1.04. The van der Waals surface area contributed by atoms with Crippen molar-refractivity contribution in [2.75, 3.05) is 6.61 Å². The highest BCUT2D eigenvalue weighted by molar-refractivity contribution is 5.97. The van der Waals surface area contributed by atoms with Gasteiger partial charge in [-0.2, -0.15) is 5.10 Å². The number of nitrogens with one attached hydrogen (secondary N) is 1. The molecule has 0 aliphatic rings. The third-order valence-corrected chi connectivity index (χ3v) is 4.54. The van der Waals surface area contributed by atoms with Crippen LogP contribution in [0.25, 0.3) is 5.69 Å². The molecule has 7 heteroatoms. The molecule has 1 aromatic heterocycles. The molecule has 0 spiro atoms. The zero-order valence-corrected chi connectivity index (χ0v) is 16.5. The van der Waals surface area contributed by atoms with Crippen molar-refractivity contribution >= 4 is 11.9 Å². The van der Waals surface area contributed by atoms with E-state index >= 15 is 0 Å². The number of para-hydroxylation sites is 1. The molecule has 0 unspecified atom stereocenters. The molecule has 3 aromatic rings. The van der Waals surface area contributed by atoms with Gasteiger partial charge in [-0.05, 0) is 57.2 Å². The van der Waals surface area contributed by atoms with Gasteiger partial charge in [0.15, 0.2) is 6.04 Å². The molecule has 3 rings (SSSR count). The smallest absolute Gasteiger partial charge is 0.333 e. The van der Waals surface area contributed by atoms with Gasteiger partial charge < -0.3 is 10.1 Å². The van der Waals surface area contributed by atoms with Crippen LogP contribution in [0.4, 0.5) is 4.39 Å². The Morgan fingerprint density at radius 2 is 1.76 bits per heavy atom. The van der Waals surface area contributed by atoms with Crippen molar-refractivity contribution in [1.29, 1.82) is 0 Å². The van der Waals surface area contributed by atoms with Gasteiger partial charge in [0.1, 0.15) is 5.82 Å². The summed E-state index contributed by atoms with van der Waals surface area (Å²) >= 11 is 0. The standard InChI is InChI=1S/C22H22FN3O3/c1-4-29-22(28)20(24-21(27)16-10-12-17(23)13-11-16)19-14(2)25-26(15(19)3)18-8-6-5-7-9-18/h5-13,20H,4H2,1-3H3,(H,24,27)/t20-/m1/s1. The number of nitrogens with zero attached hydrogens (tertiary/aromatic N) is 2. The van der Waals surface area contributed by atoms with Crippen LogP contribution in [0.2, 0.25) is 0 Å². The van der Waals surface area contributed by atoms with Crippen LogP contribution in [0.3, 0.4) is 0 Å². The van der Waals surface area contributed by atoms with Gasteiger partial charge in [-0.1, -0.05) is 18.2 Å². The SMILES string of the molecule is CCOC(=O)[C@H](NC(=O)c1ccc(F)cc1)c1c(C)nn(-c2ccccc2)c1C. The second-order valence-corrected chi connectivity index (χ2v) is 6.50. The number of aromatic nitrogens is 2. The highest BCUT2D eigenvalue weighted by atomic mass is 19.1.